The second kappa shape index (κ2) is 6.90. The smallest absolute Gasteiger partial charge is 0.283 e. The van der Waals surface area contributed by atoms with Crippen LogP contribution in [0.2, 0.25) is 0 Å². The second-order valence-electron chi connectivity index (χ2n) is 9.67. The Hall–Kier alpha value is -3.22. The van der Waals surface area contributed by atoms with Gasteiger partial charge in [-0.2, -0.15) is 0 Å². The van der Waals surface area contributed by atoms with E-state index < -0.39 is 5.54 Å². The Morgan fingerprint density at radius 2 is 1.90 bits per heavy atom. The fourth-order valence-electron chi connectivity index (χ4n) is 3.86. The van der Waals surface area contributed by atoms with Crippen molar-refractivity contribution >= 4 is 11.9 Å². The van der Waals surface area contributed by atoms with Crippen LogP contribution in [0.25, 0.3) is 0 Å². The number of benzene rings is 2. The standard InChI is InChI=1S/C24H27N3O4/c1-23(2,3)12-29-16-7-9-20-18(11-16)24(13-30-22(25)27-24)17-10-14(4-8-19(17)31-20)21(28)26-15-5-6-15/h4,7-11,15H,5-6,12-13H2,1-3H3,(H2,25,27)(H,26,28)/t24-/m0/s1. The van der Waals surface area contributed by atoms with E-state index in [2.05, 4.69) is 26.1 Å². The van der Waals surface area contributed by atoms with Gasteiger partial charge in [0, 0.05) is 22.7 Å². The highest BCUT2D eigenvalue weighted by Gasteiger charge is 2.47. The van der Waals surface area contributed by atoms with Crippen molar-refractivity contribution in [2.24, 2.45) is 16.1 Å². The molecule has 0 bridgehead atoms. The maximum atomic E-state index is 12.7. The lowest BCUT2D eigenvalue weighted by Crippen LogP contribution is -2.32. The summed E-state index contributed by atoms with van der Waals surface area (Å²) in [6.07, 6.45) is 2.06. The summed E-state index contributed by atoms with van der Waals surface area (Å²) in [5.74, 6) is 1.95. The van der Waals surface area contributed by atoms with Crippen LogP contribution in [0.5, 0.6) is 17.2 Å². The van der Waals surface area contributed by atoms with Crippen LogP contribution in [0.4, 0.5) is 0 Å². The Balaban J connectivity index is 1.56. The first-order valence-electron chi connectivity index (χ1n) is 10.6. The number of hydrogen-bond donors (Lipinski definition) is 2. The molecule has 2 aromatic carbocycles. The van der Waals surface area contributed by atoms with E-state index in [1.807, 2.05) is 30.3 Å². The summed E-state index contributed by atoms with van der Waals surface area (Å²) in [6.45, 7) is 7.17. The molecule has 2 heterocycles. The van der Waals surface area contributed by atoms with Crippen LogP contribution in [-0.2, 0) is 10.3 Å². The summed E-state index contributed by atoms with van der Waals surface area (Å²) in [4.78, 5) is 17.4. The summed E-state index contributed by atoms with van der Waals surface area (Å²) in [6, 6.07) is 11.5. The second-order valence-corrected chi connectivity index (χ2v) is 9.67. The van der Waals surface area contributed by atoms with Gasteiger partial charge in [0.05, 0.1) is 6.61 Å². The van der Waals surface area contributed by atoms with E-state index in [-0.39, 0.29) is 30.0 Å². The summed E-state index contributed by atoms with van der Waals surface area (Å²) in [5, 5.41) is 3.03. The van der Waals surface area contributed by atoms with Crippen molar-refractivity contribution in [3.63, 3.8) is 0 Å². The average Bonchev–Trinajstić information content (AvgIpc) is 3.46. The first kappa shape index (κ1) is 19.7. The van der Waals surface area contributed by atoms with Crippen LogP contribution in [0.3, 0.4) is 0 Å². The predicted molar refractivity (Wildman–Crippen MR) is 117 cm³/mol. The van der Waals surface area contributed by atoms with Crippen LogP contribution in [0.1, 0.15) is 55.1 Å². The number of ether oxygens (including phenoxy) is 3. The molecule has 1 amide bonds. The van der Waals surface area contributed by atoms with Crippen molar-refractivity contribution in [1.82, 2.24) is 5.32 Å². The number of nitrogens with one attached hydrogen (secondary N) is 1. The largest absolute Gasteiger partial charge is 0.493 e. The van der Waals surface area contributed by atoms with Gasteiger partial charge in [-0.3, -0.25) is 4.79 Å². The summed E-state index contributed by atoms with van der Waals surface area (Å²) in [5.41, 5.74) is 7.24. The molecule has 1 fully saturated rings. The van der Waals surface area contributed by atoms with Gasteiger partial charge in [0.25, 0.3) is 11.9 Å². The number of carbonyl (C=O) groups is 1. The molecule has 0 saturated heterocycles. The lowest BCUT2D eigenvalue weighted by atomic mass is 9.80. The highest BCUT2D eigenvalue weighted by atomic mass is 16.5. The van der Waals surface area contributed by atoms with Crippen LogP contribution >= 0.6 is 0 Å². The number of nitrogens with zero attached hydrogens (tertiary/aromatic N) is 1. The molecule has 1 aliphatic carbocycles. The third-order valence-electron chi connectivity index (χ3n) is 5.62. The van der Waals surface area contributed by atoms with Crippen LogP contribution in [0, 0.1) is 5.41 Å². The Bertz CT molecular complexity index is 1080. The zero-order valence-electron chi connectivity index (χ0n) is 18.0. The SMILES string of the molecule is CC(C)(C)COc1ccc2c(c1)[C@]1(COC(N)=N1)c1cc(C(=O)NC3CC3)ccc1O2. The molecule has 1 saturated carbocycles. The topological polar surface area (TPSA) is 95.2 Å². The maximum absolute atomic E-state index is 12.7. The molecular weight excluding hydrogens is 394 g/mol. The van der Waals surface area contributed by atoms with Gasteiger partial charge < -0.3 is 25.3 Å². The number of rotatable bonds is 4. The number of carbonyl (C=O) groups excluding carboxylic acids is 1. The molecule has 0 aromatic heterocycles. The van der Waals surface area contributed by atoms with Gasteiger partial charge in [-0.15, -0.1) is 0 Å². The number of amides is 1. The monoisotopic (exact) mass is 421 g/mol. The highest BCUT2D eigenvalue weighted by Crippen LogP contribution is 2.51. The van der Waals surface area contributed by atoms with Gasteiger partial charge in [0.2, 0.25) is 0 Å². The van der Waals surface area contributed by atoms with Crippen LogP contribution in [-0.4, -0.2) is 31.2 Å². The molecule has 1 spiro atoms. The van der Waals surface area contributed by atoms with Gasteiger partial charge in [-0.1, -0.05) is 20.8 Å². The molecule has 1 atom stereocenters. The Kier molecular flexibility index (Phi) is 4.39. The van der Waals surface area contributed by atoms with Gasteiger partial charge in [-0.05, 0) is 54.7 Å². The Morgan fingerprint density at radius 1 is 1.19 bits per heavy atom. The molecular formula is C24H27N3O4. The molecule has 31 heavy (non-hydrogen) atoms. The van der Waals surface area contributed by atoms with E-state index in [9.17, 15) is 4.79 Å². The highest BCUT2D eigenvalue weighted by molar-refractivity contribution is 5.95. The van der Waals surface area contributed by atoms with Crippen molar-refractivity contribution in [1.29, 1.82) is 0 Å². The molecule has 2 aliphatic heterocycles. The summed E-state index contributed by atoms with van der Waals surface area (Å²) < 4.78 is 17.8. The van der Waals surface area contributed by atoms with E-state index in [4.69, 9.17) is 24.9 Å². The predicted octanol–water partition coefficient (Wildman–Crippen LogP) is 3.70. The molecule has 7 nitrogen and oxygen atoms in total. The fourth-order valence-corrected chi connectivity index (χ4v) is 3.86. The molecule has 5 rings (SSSR count). The minimum absolute atomic E-state index is 0.0273. The zero-order chi connectivity index (χ0) is 21.8. The van der Waals surface area contributed by atoms with E-state index in [0.717, 1.165) is 29.7 Å². The van der Waals surface area contributed by atoms with Crippen LogP contribution in [0.15, 0.2) is 41.4 Å². The first-order valence-corrected chi connectivity index (χ1v) is 10.6. The van der Waals surface area contributed by atoms with Crippen molar-refractivity contribution in [3.8, 4) is 17.2 Å². The third-order valence-corrected chi connectivity index (χ3v) is 5.62. The molecule has 0 unspecified atom stereocenters. The van der Waals surface area contributed by atoms with E-state index in [1.165, 1.54) is 0 Å². The van der Waals surface area contributed by atoms with Crippen LogP contribution < -0.4 is 20.5 Å². The number of fused-ring (bicyclic) bond motifs is 4. The van der Waals surface area contributed by atoms with Gasteiger partial charge in [-0.25, -0.2) is 4.99 Å². The molecule has 3 aliphatic rings. The van der Waals surface area contributed by atoms with Gasteiger partial charge >= 0.3 is 0 Å². The number of nitrogens with two attached hydrogens (primary N) is 1. The van der Waals surface area contributed by atoms with Crippen molar-refractivity contribution in [2.45, 2.75) is 45.2 Å². The van der Waals surface area contributed by atoms with Crippen molar-refractivity contribution in [3.05, 3.63) is 53.1 Å². The Morgan fingerprint density at radius 3 is 2.55 bits per heavy atom. The number of aliphatic imine (C=N–C) groups is 1. The minimum Gasteiger partial charge on any atom is -0.493 e. The zero-order valence-corrected chi connectivity index (χ0v) is 18.0. The van der Waals surface area contributed by atoms with Crippen molar-refractivity contribution < 1.29 is 19.0 Å². The average molecular weight is 421 g/mol. The van der Waals surface area contributed by atoms with E-state index in [0.29, 0.717) is 23.7 Å². The molecule has 162 valence electrons. The lowest BCUT2D eigenvalue weighted by Gasteiger charge is -2.34. The molecule has 2 aromatic rings. The number of hydrogen-bond acceptors (Lipinski definition) is 6. The molecule has 3 N–H and O–H groups in total. The normalized spacial score (nSPS) is 21.5. The number of amidine groups is 1. The lowest BCUT2D eigenvalue weighted by molar-refractivity contribution is 0.0950. The fraction of sp³-hybridized carbons (Fsp3) is 0.417. The van der Waals surface area contributed by atoms with E-state index >= 15 is 0 Å². The Labute approximate surface area is 181 Å². The summed E-state index contributed by atoms with van der Waals surface area (Å²) >= 11 is 0. The quantitative estimate of drug-likeness (QED) is 0.785. The first-order chi connectivity index (χ1) is 14.7. The van der Waals surface area contributed by atoms with Crippen molar-refractivity contribution in [2.75, 3.05) is 13.2 Å². The minimum atomic E-state index is -0.885. The van der Waals surface area contributed by atoms with Gasteiger partial charge in [0.1, 0.15) is 23.9 Å². The summed E-state index contributed by atoms with van der Waals surface area (Å²) in [7, 11) is 0. The maximum Gasteiger partial charge on any atom is 0.283 e. The van der Waals surface area contributed by atoms with Gasteiger partial charge in [0.15, 0.2) is 5.54 Å². The third kappa shape index (κ3) is 3.69. The molecule has 7 heteroatoms. The van der Waals surface area contributed by atoms with E-state index in [1.54, 1.807) is 6.07 Å². The molecule has 0 radical (unpaired) electrons.